The van der Waals surface area contributed by atoms with E-state index in [1.807, 2.05) is 30.3 Å². The molecule has 0 atom stereocenters. The predicted octanol–water partition coefficient (Wildman–Crippen LogP) is 4.35. The van der Waals surface area contributed by atoms with Gasteiger partial charge >= 0.3 is 0 Å². The molecule has 2 rings (SSSR count). The molecule has 0 saturated carbocycles. The number of hydrogen-bond acceptors (Lipinski definition) is 2. The molecule has 19 heavy (non-hydrogen) atoms. The summed E-state index contributed by atoms with van der Waals surface area (Å²) in [6.07, 6.45) is 0. The highest BCUT2D eigenvalue weighted by Crippen LogP contribution is 2.20. The van der Waals surface area contributed by atoms with E-state index in [9.17, 15) is 4.39 Å². The Labute approximate surface area is 120 Å². The van der Waals surface area contributed by atoms with Gasteiger partial charge in [0.25, 0.3) is 0 Å². The smallest absolute Gasteiger partial charge is 0.147 e. The first-order valence-electron chi connectivity index (χ1n) is 5.95. The van der Waals surface area contributed by atoms with Crippen LogP contribution in [0.5, 0.6) is 0 Å². The summed E-state index contributed by atoms with van der Waals surface area (Å²) in [4.78, 5) is 0. The predicted molar refractivity (Wildman–Crippen MR) is 78.6 cm³/mol. The van der Waals surface area contributed by atoms with Gasteiger partial charge < -0.3 is 10.1 Å². The van der Waals surface area contributed by atoms with Crippen LogP contribution in [0, 0.1) is 5.82 Å². The molecule has 2 aromatic rings. The van der Waals surface area contributed by atoms with Gasteiger partial charge in [-0.05, 0) is 29.3 Å². The zero-order chi connectivity index (χ0) is 13.7. The van der Waals surface area contributed by atoms with Crippen molar-refractivity contribution in [2.75, 3.05) is 12.4 Å². The quantitative estimate of drug-likeness (QED) is 0.883. The molecule has 4 heteroatoms. The Balaban J connectivity index is 2.10. The van der Waals surface area contributed by atoms with E-state index >= 15 is 0 Å². The van der Waals surface area contributed by atoms with Crippen molar-refractivity contribution in [3.05, 3.63) is 63.9 Å². The molecule has 2 nitrogen and oxygen atoms in total. The SMILES string of the molecule is COCc1ccccc1CNc1ccc(Br)cc1F. The van der Waals surface area contributed by atoms with Crippen molar-refractivity contribution in [1.29, 1.82) is 0 Å². The van der Waals surface area contributed by atoms with Gasteiger partial charge in [0.2, 0.25) is 0 Å². The molecule has 0 aliphatic rings. The second-order valence-electron chi connectivity index (χ2n) is 4.18. The van der Waals surface area contributed by atoms with Gasteiger partial charge in [-0.25, -0.2) is 4.39 Å². The van der Waals surface area contributed by atoms with E-state index < -0.39 is 0 Å². The first-order valence-corrected chi connectivity index (χ1v) is 6.74. The van der Waals surface area contributed by atoms with Crippen LogP contribution in [0.15, 0.2) is 46.9 Å². The topological polar surface area (TPSA) is 21.3 Å². The molecule has 0 aliphatic heterocycles. The van der Waals surface area contributed by atoms with Crippen LogP contribution in [0.1, 0.15) is 11.1 Å². The summed E-state index contributed by atoms with van der Waals surface area (Å²) in [6, 6.07) is 12.9. The number of ether oxygens (including phenoxy) is 1. The Morgan fingerprint density at radius 1 is 1.16 bits per heavy atom. The third-order valence-corrected chi connectivity index (χ3v) is 3.31. The third-order valence-electron chi connectivity index (χ3n) is 2.82. The lowest BCUT2D eigenvalue weighted by atomic mass is 10.1. The van der Waals surface area contributed by atoms with Crippen LogP contribution >= 0.6 is 15.9 Å². The molecule has 0 aliphatic carbocycles. The van der Waals surface area contributed by atoms with Crippen LogP contribution in [0.2, 0.25) is 0 Å². The standard InChI is InChI=1S/C15H15BrFNO/c1-19-10-12-5-3-2-4-11(12)9-18-15-7-6-13(16)8-14(15)17/h2-8,18H,9-10H2,1H3. The van der Waals surface area contributed by atoms with Crippen molar-refractivity contribution in [3.8, 4) is 0 Å². The Bertz CT molecular complexity index is 560. The summed E-state index contributed by atoms with van der Waals surface area (Å²) in [5, 5.41) is 3.10. The summed E-state index contributed by atoms with van der Waals surface area (Å²) in [6.45, 7) is 1.12. The van der Waals surface area contributed by atoms with Crippen LogP contribution < -0.4 is 5.32 Å². The van der Waals surface area contributed by atoms with Crippen molar-refractivity contribution in [2.45, 2.75) is 13.2 Å². The highest BCUT2D eigenvalue weighted by Gasteiger charge is 2.04. The fraction of sp³-hybridized carbons (Fsp3) is 0.200. The fourth-order valence-electron chi connectivity index (χ4n) is 1.85. The molecule has 1 N–H and O–H groups in total. The van der Waals surface area contributed by atoms with Crippen molar-refractivity contribution in [2.24, 2.45) is 0 Å². The lowest BCUT2D eigenvalue weighted by Crippen LogP contribution is -2.04. The largest absolute Gasteiger partial charge is 0.380 e. The van der Waals surface area contributed by atoms with Gasteiger partial charge in [0.15, 0.2) is 0 Å². The average Bonchev–Trinajstić information content (AvgIpc) is 2.40. The number of benzene rings is 2. The lowest BCUT2D eigenvalue weighted by Gasteiger charge is -2.11. The van der Waals surface area contributed by atoms with Crippen molar-refractivity contribution in [1.82, 2.24) is 0 Å². The van der Waals surface area contributed by atoms with Gasteiger partial charge in [-0.1, -0.05) is 40.2 Å². The molecule has 0 spiro atoms. The second-order valence-corrected chi connectivity index (χ2v) is 5.10. The Morgan fingerprint density at radius 3 is 2.58 bits per heavy atom. The number of nitrogens with one attached hydrogen (secondary N) is 1. The average molecular weight is 324 g/mol. The highest BCUT2D eigenvalue weighted by molar-refractivity contribution is 9.10. The summed E-state index contributed by atoms with van der Waals surface area (Å²) in [5.74, 6) is -0.265. The number of rotatable bonds is 5. The van der Waals surface area contributed by atoms with E-state index in [-0.39, 0.29) is 5.82 Å². The van der Waals surface area contributed by atoms with Gasteiger partial charge in [0.05, 0.1) is 12.3 Å². The van der Waals surface area contributed by atoms with E-state index in [1.165, 1.54) is 6.07 Å². The second kappa shape index (κ2) is 6.68. The van der Waals surface area contributed by atoms with E-state index in [1.54, 1.807) is 13.2 Å². The minimum atomic E-state index is -0.265. The molecular weight excluding hydrogens is 309 g/mol. The van der Waals surface area contributed by atoms with Gasteiger partial charge in [-0.3, -0.25) is 0 Å². The van der Waals surface area contributed by atoms with Crippen LogP contribution in [0.4, 0.5) is 10.1 Å². The molecule has 100 valence electrons. The number of anilines is 1. The Morgan fingerprint density at radius 2 is 1.89 bits per heavy atom. The van der Waals surface area contributed by atoms with Crippen LogP contribution in [-0.2, 0) is 17.9 Å². The zero-order valence-corrected chi connectivity index (χ0v) is 12.2. The monoisotopic (exact) mass is 323 g/mol. The molecule has 0 saturated heterocycles. The summed E-state index contributed by atoms with van der Waals surface area (Å²) in [5.41, 5.74) is 2.71. The first kappa shape index (κ1) is 14.0. The zero-order valence-electron chi connectivity index (χ0n) is 10.6. The first-order chi connectivity index (χ1) is 9.20. The van der Waals surface area contributed by atoms with Crippen LogP contribution in [0.25, 0.3) is 0 Å². The van der Waals surface area contributed by atoms with Gasteiger partial charge in [-0.15, -0.1) is 0 Å². The molecule has 0 heterocycles. The minimum absolute atomic E-state index is 0.265. The lowest BCUT2D eigenvalue weighted by molar-refractivity contribution is 0.184. The summed E-state index contributed by atoms with van der Waals surface area (Å²) < 4.78 is 19.6. The number of halogens is 2. The third kappa shape index (κ3) is 3.78. The van der Waals surface area contributed by atoms with Gasteiger partial charge in [0, 0.05) is 18.1 Å². The van der Waals surface area contributed by atoms with E-state index in [0.29, 0.717) is 18.8 Å². The molecule has 0 radical (unpaired) electrons. The van der Waals surface area contributed by atoms with Crippen molar-refractivity contribution in [3.63, 3.8) is 0 Å². The molecule has 0 bridgehead atoms. The molecule has 0 fully saturated rings. The Kier molecular flexibility index (Phi) is 4.93. The molecule has 0 amide bonds. The normalized spacial score (nSPS) is 10.5. The van der Waals surface area contributed by atoms with Crippen LogP contribution in [0.3, 0.4) is 0 Å². The van der Waals surface area contributed by atoms with Crippen molar-refractivity contribution < 1.29 is 9.13 Å². The number of hydrogen-bond donors (Lipinski definition) is 1. The maximum atomic E-state index is 13.7. The summed E-state index contributed by atoms with van der Waals surface area (Å²) in [7, 11) is 1.67. The maximum absolute atomic E-state index is 13.7. The van der Waals surface area contributed by atoms with Crippen LogP contribution in [-0.4, -0.2) is 7.11 Å². The number of methoxy groups -OCH3 is 1. The van der Waals surface area contributed by atoms with E-state index in [2.05, 4.69) is 21.2 Å². The van der Waals surface area contributed by atoms with Gasteiger partial charge in [-0.2, -0.15) is 0 Å². The fourth-order valence-corrected chi connectivity index (χ4v) is 2.18. The van der Waals surface area contributed by atoms with Gasteiger partial charge in [0.1, 0.15) is 5.82 Å². The molecule has 0 aromatic heterocycles. The highest BCUT2D eigenvalue weighted by atomic mass is 79.9. The summed E-state index contributed by atoms with van der Waals surface area (Å²) >= 11 is 3.24. The minimum Gasteiger partial charge on any atom is -0.380 e. The molecule has 0 unspecified atom stereocenters. The molecule has 2 aromatic carbocycles. The van der Waals surface area contributed by atoms with E-state index in [0.717, 1.165) is 15.6 Å². The van der Waals surface area contributed by atoms with Crippen molar-refractivity contribution >= 4 is 21.6 Å². The van der Waals surface area contributed by atoms with E-state index in [4.69, 9.17) is 4.74 Å². The Hall–Kier alpha value is -1.39. The molecular formula is C15H15BrFNO. The maximum Gasteiger partial charge on any atom is 0.147 e.